The first-order chi connectivity index (χ1) is 33.6. The Morgan fingerprint density at radius 3 is 1.28 bits per heavy atom. The molecule has 0 spiro atoms. The van der Waals surface area contributed by atoms with Crippen LogP contribution in [0.15, 0.2) is 152 Å². The maximum Gasteiger partial charge on any atom is 0.332 e. The van der Waals surface area contributed by atoms with E-state index in [0.717, 1.165) is 27.8 Å². The number of nitrogens with one attached hydrogen (secondary N) is 2. The molecule has 5 aromatic carbocycles. The fraction of sp³-hybridized carbons (Fsp3) is 0.389. The number of aliphatic carboxylic acids is 1. The van der Waals surface area contributed by atoms with Gasteiger partial charge in [0.1, 0.15) is 48.7 Å². The number of carbonyl (C=O) groups is 3. The third kappa shape index (κ3) is 15.3. The fourth-order valence-electron chi connectivity index (χ4n) is 8.30. The second-order valence-electron chi connectivity index (χ2n) is 17.0. The molecule has 2 fully saturated rings. The van der Waals surface area contributed by atoms with Crippen molar-refractivity contribution in [2.45, 2.75) is 121 Å². The summed E-state index contributed by atoms with van der Waals surface area (Å²) in [6.07, 6.45) is -10.1. The van der Waals surface area contributed by atoms with E-state index in [1.807, 2.05) is 152 Å². The Morgan fingerprint density at radius 2 is 0.855 bits per heavy atom. The van der Waals surface area contributed by atoms with Crippen molar-refractivity contribution in [1.29, 1.82) is 0 Å². The van der Waals surface area contributed by atoms with Crippen LogP contribution < -0.4 is 10.6 Å². The van der Waals surface area contributed by atoms with Gasteiger partial charge in [0.25, 0.3) is 0 Å². The van der Waals surface area contributed by atoms with Crippen LogP contribution in [0.1, 0.15) is 48.6 Å². The molecule has 366 valence electrons. The molecule has 15 heteroatoms. The van der Waals surface area contributed by atoms with Gasteiger partial charge in [-0.25, -0.2) is 4.79 Å². The van der Waals surface area contributed by atoms with E-state index in [-0.39, 0.29) is 46.2 Å². The Morgan fingerprint density at radius 1 is 0.493 bits per heavy atom. The molecule has 0 aromatic heterocycles. The predicted molar refractivity (Wildman–Crippen MR) is 253 cm³/mol. The van der Waals surface area contributed by atoms with Crippen molar-refractivity contribution in [1.82, 2.24) is 10.6 Å². The van der Waals surface area contributed by atoms with Crippen LogP contribution in [0.5, 0.6) is 0 Å². The van der Waals surface area contributed by atoms with Gasteiger partial charge in [-0.15, -0.1) is 0 Å². The maximum atomic E-state index is 13.4. The zero-order valence-electron chi connectivity index (χ0n) is 39.1. The van der Waals surface area contributed by atoms with Gasteiger partial charge in [-0.1, -0.05) is 152 Å². The lowest BCUT2D eigenvalue weighted by atomic mass is 9.93. The van der Waals surface area contributed by atoms with Gasteiger partial charge >= 0.3 is 5.97 Å². The van der Waals surface area contributed by atoms with E-state index in [1.54, 1.807) is 0 Å². The SMILES string of the molecule is CC(=O)N[C@H]1[C@H](O[C@H]2[C@H](OC(C)C(=O)O)[C@@H](NC(C)=O)[C@@H](OCc3ccccc3)O[C@@H]2COCc2ccccc2)O[C@H](COCc2ccccc2)[C@@H](OCc2ccccc2)[C@@H]1OCc1ccccc1. The Balaban J connectivity index is 1.28. The number of hydrogen-bond donors (Lipinski definition) is 3. The van der Waals surface area contributed by atoms with Gasteiger partial charge in [0, 0.05) is 13.8 Å². The largest absolute Gasteiger partial charge is 0.479 e. The number of carbonyl (C=O) groups excluding carboxylic acids is 2. The highest BCUT2D eigenvalue weighted by atomic mass is 16.7. The molecule has 0 bridgehead atoms. The minimum Gasteiger partial charge on any atom is -0.479 e. The van der Waals surface area contributed by atoms with Crippen molar-refractivity contribution in [2.24, 2.45) is 0 Å². The molecule has 69 heavy (non-hydrogen) atoms. The summed E-state index contributed by atoms with van der Waals surface area (Å²) in [4.78, 5) is 39.0. The molecule has 3 N–H and O–H groups in total. The van der Waals surface area contributed by atoms with Gasteiger partial charge in [-0.2, -0.15) is 0 Å². The molecule has 2 amide bonds. The molecule has 15 nitrogen and oxygen atoms in total. The first kappa shape index (κ1) is 51.0. The van der Waals surface area contributed by atoms with Gasteiger partial charge in [0.15, 0.2) is 18.7 Å². The van der Waals surface area contributed by atoms with E-state index in [2.05, 4.69) is 10.6 Å². The van der Waals surface area contributed by atoms with Crippen molar-refractivity contribution < 1.29 is 62.1 Å². The van der Waals surface area contributed by atoms with Crippen molar-refractivity contribution >= 4 is 17.8 Å². The zero-order chi connectivity index (χ0) is 48.4. The highest BCUT2D eigenvalue weighted by molar-refractivity contribution is 5.74. The Kier molecular flexibility index (Phi) is 19.4. The number of rotatable bonds is 24. The lowest BCUT2D eigenvalue weighted by molar-refractivity contribution is -0.346. The van der Waals surface area contributed by atoms with Crippen LogP contribution in [0.3, 0.4) is 0 Å². The van der Waals surface area contributed by atoms with Gasteiger partial charge < -0.3 is 58.4 Å². The summed E-state index contributed by atoms with van der Waals surface area (Å²) in [6.45, 7) is 4.85. The van der Waals surface area contributed by atoms with Gasteiger partial charge in [-0.3, -0.25) is 9.59 Å². The Bertz CT molecular complexity index is 2300. The molecule has 0 radical (unpaired) electrons. The van der Waals surface area contributed by atoms with Gasteiger partial charge in [0.05, 0.1) is 46.2 Å². The number of ether oxygens (including phenoxy) is 9. The molecular formula is C54H62N2O13. The minimum atomic E-state index is -1.40. The molecule has 11 atom stereocenters. The van der Waals surface area contributed by atoms with Crippen LogP contribution in [0, 0.1) is 0 Å². The Labute approximate surface area is 403 Å². The molecule has 1 unspecified atom stereocenters. The molecule has 0 saturated carbocycles. The van der Waals surface area contributed by atoms with E-state index in [9.17, 15) is 19.5 Å². The molecule has 5 aromatic rings. The first-order valence-electron chi connectivity index (χ1n) is 23.2. The van der Waals surface area contributed by atoms with E-state index >= 15 is 0 Å². The maximum absolute atomic E-state index is 13.4. The molecule has 2 heterocycles. The second-order valence-corrected chi connectivity index (χ2v) is 17.0. The van der Waals surface area contributed by atoms with Crippen LogP contribution >= 0.6 is 0 Å². The third-order valence-electron chi connectivity index (χ3n) is 11.6. The highest BCUT2D eigenvalue weighted by Crippen LogP contribution is 2.35. The summed E-state index contributed by atoms with van der Waals surface area (Å²) < 4.78 is 59.9. The summed E-state index contributed by atoms with van der Waals surface area (Å²) in [6, 6.07) is 45.8. The average molecular weight is 947 g/mol. The van der Waals surface area contributed by atoms with E-state index < -0.39 is 85.2 Å². The number of hydrogen-bond acceptors (Lipinski definition) is 12. The molecule has 0 aliphatic carbocycles. The fourth-order valence-corrected chi connectivity index (χ4v) is 8.30. The minimum absolute atomic E-state index is 0.0108. The normalized spacial score (nSPS) is 25.0. The van der Waals surface area contributed by atoms with Gasteiger partial charge in [-0.05, 0) is 34.7 Å². The molecule has 2 aliphatic heterocycles. The van der Waals surface area contributed by atoms with Crippen LogP contribution in [0.4, 0.5) is 0 Å². The van der Waals surface area contributed by atoms with Crippen LogP contribution in [-0.2, 0) is 90.0 Å². The molecule has 7 rings (SSSR count). The van der Waals surface area contributed by atoms with Crippen LogP contribution in [-0.4, -0.2) is 103 Å². The summed E-state index contributed by atoms with van der Waals surface area (Å²) in [5, 5.41) is 16.2. The quantitative estimate of drug-likeness (QED) is 0.0611. The molecular weight excluding hydrogens is 885 g/mol. The van der Waals surface area contributed by atoms with Crippen molar-refractivity contribution in [3.05, 3.63) is 179 Å². The number of amides is 2. The van der Waals surface area contributed by atoms with Crippen molar-refractivity contribution in [3.8, 4) is 0 Å². The smallest absolute Gasteiger partial charge is 0.332 e. The second kappa shape index (κ2) is 26.2. The number of carboxylic acids is 1. The van der Waals surface area contributed by atoms with Gasteiger partial charge in [0.2, 0.25) is 11.8 Å². The van der Waals surface area contributed by atoms with E-state index in [4.69, 9.17) is 42.6 Å². The van der Waals surface area contributed by atoms with E-state index in [1.165, 1.54) is 20.8 Å². The molecule has 2 aliphatic rings. The van der Waals surface area contributed by atoms with Crippen molar-refractivity contribution in [3.63, 3.8) is 0 Å². The van der Waals surface area contributed by atoms with Crippen LogP contribution in [0.25, 0.3) is 0 Å². The monoisotopic (exact) mass is 946 g/mol. The van der Waals surface area contributed by atoms with E-state index in [0.29, 0.717) is 0 Å². The highest BCUT2D eigenvalue weighted by Gasteiger charge is 2.55. The molecule has 2 saturated heterocycles. The summed E-state index contributed by atoms with van der Waals surface area (Å²) in [5.41, 5.74) is 4.43. The lowest BCUT2D eigenvalue weighted by Crippen LogP contribution is -2.70. The average Bonchev–Trinajstić information content (AvgIpc) is 3.36. The predicted octanol–water partition coefficient (Wildman–Crippen LogP) is 6.51. The van der Waals surface area contributed by atoms with Crippen LogP contribution in [0.2, 0.25) is 0 Å². The summed E-state index contributed by atoms with van der Waals surface area (Å²) in [5.74, 6) is -2.13. The third-order valence-corrected chi connectivity index (χ3v) is 11.6. The lowest BCUT2D eigenvalue weighted by Gasteiger charge is -2.50. The Hall–Kier alpha value is -5.85. The standard InChI is InChI=1S/C54H62N2O13/c1-36(52(59)60)66-51-47(56-38(3)58)53(65-33-43-27-17-8-18-28-43)67-45(35-62-30-40-21-11-5-12-22-40)49(51)69-54-46(55-37(2)57)50(64-32-42-25-15-7-16-26-42)48(63-31-41-23-13-6-14-24-41)44(68-54)34-61-29-39-19-9-4-10-20-39/h4-28,36,44-51,53-54H,29-35H2,1-3H3,(H,55,57)(H,56,58)(H,59,60)/t36?,44-,45-,46-,47-,48-,49-,50-,51-,53+,54+/m1/s1. The summed E-state index contributed by atoms with van der Waals surface area (Å²) >= 11 is 0. The number of benzene rings is 5. The topological polar surface area (TPSA) is 179 Å². The zero-order valence-corrected chi connectivity index (χ0v) is 39.1. The summed E-state index contributed by atoms with van der Waals surface area (Å²) in [7, 11) is 0. The first-order valence-corrected chi connectivity index (χ1v) is 23.2. The van der Waals surface area contributed by atoms with Crippen molar-refractivity contribution in [2.75, 3.05) is 13.2 Å². The number of carboxylic acid groups (broad SMARTS) is 1.